The molecule has 1 fully saturated rings. The molecule has 4 heteroatoms. The molecule has 1 aliphatic rings. The van der Waals surface area contributed by atoms with Crippen LogP contribution in [0.4, 0.5) is 0 Å². The van der Waals surface area contributed by atoms with Crippen LogP contribution in [-0.4, -0.2) is 20.6 Å². The van der Waals surface area contributed by atoms with Gasteiger partial charge < -0.3 is 4.74 Å². The van der Waals surface area contributed by atoms with E-state index in [4.69, 9.17) is 4.74 Å². The Labute approximate surface area is 106 Å². The molecule has 2 aromatic heterocycles. The van der Waals surface area contributed by atoms with Gasteiger partial charge >= 0.3 is 6.01 Å². The molecule has 1 saturated carbocycles. The van der Waals surface area contributed by atoms with Gasteiger partial charge in [-0.05, 0) is 37.3 Å². The van der Waals surface area contributed by atoms with Gasteiger partial charge in [-0.3, -0.25) is 4.98 Å². The summed E-state index contributed by atoms with van der Waals surface area (Å²) in [5, 5.41) is 0. The van der Waals surface area contributed by atoms with Crippen LogP contribution in [-0.2, 0) is 0 Å². The molecule has 2 heterocycles. The topological polar surface area (TPSA) is 47.9 Å². The van der Waals surface area contributed by atoms with Gasteiger partial charge in [-0.2, -0.15) is 4.98 Å². The van der Waals surface area contributed by atoms with Crippen LogP contribution in [0.1, 0.15) is 45.1 Å². The van der Waals surface area contributed by atoms with Crippen LogP contribution in [0, 0.1) is 0 Å². The van der Waals surface area contributed by atoms with Gasteiger partial charge in [0, 0.05) is 6.20 Å². The molecule has 0 bridgehead atoms. The fourth-order valence-electron chi connectivity index (χ4n) is 1.96. The highest BCUT2D eigenvalue weighted by atomic mass is 16.5. The molecule has 0 aromatic carbocycles. The second kappa shape index (κ2) is 3.90. The van der Waals surface area contributed by atoms with Gasteiger partial charge in [0.1, 0.15) is 11.1 Å². The van der Waals surface area contributed by atoms with E-state index < -0.39 is 0 Å². The number of ether oxygens (including phenoxy) is 1. The maximum absolute atomic E-state index is 5.81. The highest BCUT2D eigenvalue weighted by molar-refractivity contribution is 5.77. The van der Waals surface area contributed by atoms with E-state index >= 15 is 0 Å². The lowest BCUT2D eigenvalue weighted by Gasteiger charge is -2.12. The number of pyridine rings is 1. The van der Waals surface area contributed by atoms with Gasteiger partial charge in [-0.25, -0.2) is 4.98 Å². The number of aromatic nitrogens is 3. The highest BCUT2D eigenvalue weighted by Crippen LogP contribution is 2.38. The molecule has 0 atom stereocenters. The molecule has 94 valence electrons. The summed E-state index contributed by atoms with van der Waals surface area (Å²) in [6, 6.07) is 2.49. The fourth-order valence-corrected chi connectivity index (χ4v) is 1.96. The quantitative estimate of drug-likeness (QED) is 0.831. The summed E-state index contributed by atoms with van der Waals surface area (Å²) in [6.07, 6.45) is 5.72. The summed E-state index contributed by atoms with van der Waals surface area (Å²) >= 11 is 0. The minimum absolute atomic E-state index is 0.0477. The van der Waals surface area contributed by atoms with E-state index in [-0.39, 0.29) is 5.60 Å². The van der Waals surface area contributed by atoms with Crippen molar-refractivity contribution in [2.75, 3.05) is 0 Å². The molecule has 0 aliphatic heterocycles. The van der Waals surface area contributed by atoms with Gasteiger partial charge in [0.15, 0.2) is 0 Å². The van der Waals surface area contributed by atoms with Crippen molar-refractivity contribution >= 4 is 11.0 Å². The predicted octanol–water partition coefficient (Wildman–Crippen LogP) is 3.08. The Hall–Kier alpha value is -1.71. The van der Waals surface area contributed by atoms with Crippen LogP contribution >= 0.6 is 0 Å². The first-order valence-electron chi connectivity index (χ1n) is 6.38. The zero-order valence-electron chi connectivity index (χ0n) is 11.0. The molecule has 0 unspecified atom stereocenters. The van der Waals surface area contributed by atoms with E-state index in [2.05, 4.69) is 35.7 Å². The second-order valence-electron chi connectivity index (χ2n) is 5.49. The third kappa shape index (κ3) is 2.03. The minimum Gasteiger partial charge on any atom is -0.457 e. The van der Waals surface area contributed by atoms with Gasteiger partial charge in [-0.1, -0.05) is 13.8 Å². The normalized spacial score (nSPS) is 17.1. The largest absolute Gasteiger partial charge is 0.457 e. The van der Waals surface area contributed by atoms with Gasteiger partial charge in [0.05, 0.1) is 11.7 Å². The predicted molar refractivity (Wildman–Crippen MR) is 69.7 cm³/mol. The van der Waals surface area contributed by atoms with Gasteiger partial charge in [-0.15, -0.1) is 0 Å². The average Bonchev–Trinajstić information content (AvgIpc) is 3.05. The maximum Gasteiger partial charge on any atom is 0.317 e. The number of fused-ring (bicyclic) bond motifs is 1. The Morgan fingerprint density at radius 2 is 2.06 bits per heavy atom. The lowest BCUT2D eigenvalue weighted by molar-refractivity contribution is 0.183. The molecule has 18 heavy (non-hydrogen) atoms. The molecular weight excluding hydrogens is 226 g/mol. The van der Waals surface area contributed by atoms with Crippen LogP contribution < -0.4 is 4.74 Å². The first-order chi connectivity index (χ1) is 8.57. The molecular formula is C14H17N3O. The summed E-state index contributed by atoms with van der Waals surface area (Å²) in [5.41, 5.74) is 2.87. The second-order valence-corrected chi connectivity index (χ2v) is 5.49. The van der Waals surface area contributed by atoms with Crippen molar-refractivity contribution in [1.29, 1.82) is 0 Å². The lowest BCUT2D eigenvalue weighted by Crippen LogP contribution is -2.14. The molecule has 4 nitrogen and oxygen atoms in total. The van der Waals surface area contributed by atoms with Crippen molar-refractivity contribution in [3.63, 3.8) is 0 Å². The molecule has 0 N–H and O–H groups in total. The molecule has 0 spiro atoms. The first kappa shape index (κ1) is 11.4. The summed E-state index contributed by atoms with van der Waals surface area (Å²) in [7, 11) is 0. The number of nitrogens with zero attached hydrogens (tertiary/aromatic N) is 3. The van der Waals surface area contributed by atoms with Crippen molar-refractivity contribution in [3.8, 4) is 6.01 Å². The van der Waals surface area contributed by atoms with Crippen molar-refractivity contribution in [2.45, 2.75) is 45.1 Å². The van der Waals surface area contributed by atoms with Crippen LogP contribution in [0.25, 0.3) is 11.0 Å². The lowest BCUT2D eigenvalue weighted by atomic mass is 10.0. The third-order valence-corrected chi connectivity index (χ3v) is 3.40. The molecule has 0 saturated heterocycles. The number of rotatable bonds is 3. The van der Waals surface area contributed by atoms with E-state index in [9.17, 15) is 0 Å². The Morgan fingerprint density at radius 3 is 2.72 bits per heavy atom. The van der Waals surface area contributed by atoms with Crippen molar-refractivity contribution in [3.05, 3.63) is 24.0 Å². The summed E-state index contributed by atoms with van der Waals surface area (Å²) in [4.78, 5) is 13.1. The fraction of sp³-hybridized carbons (Fsp3) is 0.500. The van der Waals surface area contributed by atoms with Crippen molar-refractivity contribution in [2.24, 2.45) is 0 Å². The number of hydrogen-bond acceptors (Lipinski definition) is 4. The average molecular weight is 243 g/mol. The van der Waals surface area contributed by atoms with E-state index in [1.165, 1.54) is 5.56 Å². The summed E-state index contributed by atoms with van der Waals surface area (Å²) in [5.74, 6) is 0.412. The molecule has 0 amide bonds. The van der Waals surface area contributed by atoms with Gasteiger partial charge in [0.25, 0.3) is 0 Å². The van der Waals surface area contributed by atoms with Gasteiger partial charge in [0.2, 0.25) is 0 Å². The summed E-state index contributed by atoms with van der Waals surface area (Å²) in [6.45, 7) is 6.40. The SMILES string of the molecule is CC(C)c1ccnc2cnc(OC3(C)CC3)nc12. The summed E-state index contributed by atoms with van der Waals surface area (Å²) < 4.78 is 5.81. The molecule has 3 rings (SSSR count). The Balaban J connectivity index is 2.06. The zero-order valence-corrected chi connectivity index (χ0v) is 11.0. The first-order valence-corrected chi connectivity index (χ1v) is 6.38. The van der Waals surface area contributed by atoms with E-state index in [0.717, 1.165) is 23.9 Å². The highest BCUT2D eigenvalue weighted by Gasteiger charge is 2.40. The Kier molecular flexibility index (Phi) is 2.47. The van der Waals surface area contributed by atoms with Crippen LogP contribution in [0.15, 0.2) is 18.5 Å². The standard InChI is InChI=1S/C14H17N3O/c1-9(2)10-4-7-15-11-8-16-13(17-12(10)11)18-14(3)5-6-14/h4,7-9H,5-6H2,1-3H3. The van der Waals surface area contributed by atoms with E-state index in [0.29, 0.717) is 11.9 Å². The molecule has 0 radical (unpaired) electrons. The van der Waals surface area contributed by atoms with E-state index in [1.54, 1.807) is 6.20 Å². The van der Waals surface area contributed by atoms with Crippen molar-refractivity contribution < 1.29 is 4.74 Å². The number of hydrogen-bond donors (Lipinski definition) is 0. The maximum atomic E-state index is 5.81. The van der Waals surface area contributed by atoms with E-state index in [1.807, 2.05) is 12.3 Å². The zero-order chi connectivity index (χ0) is 12.8. The Bertz CT molecular complexity index is 591. The van der Waals surface area contributed by atoms with Crippen LogP contribution in [0.5, 0.6) is 6.01 Å². The third-order valence-electron chi connectivity index (χ3n) is 3.40. The monoisotopic (exact) mass is 243 g/mol. The molecule has 2 aromatic rings. The molecule has 1 aliphatic carbocycles. The Morgan fingerprint density at radius 1 is 1.28 bits per heavy atom. The minimum atomic E-state index is -0.0477. The smallest absolute Gasteiger partial charge is 0.317 e. The van der Waals surface area contributed by atoms with Crippen LogP contribution in [0.2, 0.25) is 0 Å². The van der Waals surface area contributed by atoms with Crippen molar-refractivity contribution in [1.82, 2.24) is 15.0 Å². The van der Waals surface area contributed by atoms with Crippen LogP contribution in [0.3, 0.4) is 0 Å².